The van der Waals surface area contributed by atoms with E-state index < -0.39 is 0 Å². The smallest absolute Gasteiger partial charge is 0.246 e. The topological polar surface area (TPSA) is 69.0 Å². The summed E-state index contributed by atoms with van der Waals surface area (Å²) >= 11 is 0. The molecule has 3 rings (SSSR count). The van der Waals surface area contributed by atoms with Crippen LogP contribution in [0.5, 0.6) is 0 Å². The molecule has 8 nitrogen and oxygen atoms in total. The molecule has 0 unspecified atom stereocenters. The molecular weight excluding hydrogens is 481 g/mol. The Bertz CT molecular complexity index is 832. The average molecular weight is 511 g/mol. The zero-order chi connectivity index (χ0) is 20.1. The third-order valence-corrected chi connectivity index (χ3v) is 4.71. The van der Waals surface area contributed by atoms with Crippen LogP contribution in [-0.4, -0.2) is 72.2 Å². The van der Waals surface area contributed by atoms with E-state index in [9.17, 15) is 4.79 Å². The van der Waals surface area contributed by atoms with Crippen molar-refractivity contribution in [3.8, 4) is 0 Å². The monoisotopic (exact) mass is 511 g/mol. The first-order chi connectivity index (χ1) is 13.5. The first-order valence-electron chi connectivity index (χ1n) is 9.43. The standard InChI is InChI=1S/C20H29N7O.HI/c1-21-20(22-11-16-5-7-17(8-6-16)13-24(2)3)26-9-10-27(19(28)15-26)18-12-23-25(4)14-18;/h5-8,12,14H,9-11,13,15H2,1-4H3,(H,21,22);1H. The van der Waals surface area contributed by atoms with Gasteiger partial charge in [0.25, 0.3) is 0 Å². The van der Waals surface area contributed by atoms with E-state index in [-0.39, 0.29) is 29.9 Å². The highest BCUT2D eigenvalue weighted by atomic mass is 127. The van der Waals surface area contributed by atoms with Gasteiger partial charge in [0.15, 0.2) is 5.96 Å². The number of guanidine groups is 1. The second kappa shape index (κ2) is 10.6. The number of rotatable bonds is 5. The summed E-state index contributed by atoms with van der Waals surface area (Å²) in [5.74, 6) is 0.798. The number of nitrogens with zero attached hydrogens (tertiary/aromatic N) is 6. The molecule has 2 heterocycles. The molecule has 1 fully saturated rings. The van der Waals surface area contributed by atoms with Gasteiger partial charge in [-0.05, 0) is 25.2 Å². The van der Waals surface area contributed by atoms with Crippen molar-refractivity contribution in [3.63, 3.8) is 0 Å². The Morgan fingerprint density at radius 3 is 2.45 bits per heavy atom. The van der Waals surface area contributed by atoms with Crippen LogP contribution in [0.3, 0.4) is 0 Å². The number of piperazine rings is 1. The van der Waals surface area contributed by atoms with Crippen molar-refractivity contribution in [2.45, 2.75) is 13.1 Å². The highest BCUT2D eigenvalue weighted by molar-refractivity contribution is 14.0. The lowest BCUT2D eigenvalue weighted by atomic mass is 10.1. The highest BCUT2D eigenvalue weighted by Gasteiger charge is 2.27. The van der Waals surface area contributed by atoms with Gasteiger partial charge in [-0.1, -0.05) is 24.3 Å². The SMILES string of the molecule is CN=C(NCc1ccc(CN(C)C)cc1)N1CCN(c2cnn(C)c2)C(=O)C1.I. The number of aliphatic imine (C=N–C) groups is 1. The van der Waals surface area contributed by atoms with E-state index in [0.717, 1.165) is 24.7 Å². The number of amides is 1. The fourth-order valence-electron chi connectivity index (χ4n) is 3.32. The summed E-state index contributed by atoms with van der Waals surface area (Å²) in [7, 11) is 7.73. The number of halogens is 1. The van der Waals surface area contributed by atoms with Crippen LogP contribution in [0.15, 0.2) is 41.7 Å². The molecule has 0 aliphatic carbocycles. The minimum Gasteiger partial charge on any atom is -0.352 e. The molecule has 0 saturated carbocycles. The van der Waals surface area contributed by atoms with E-state index in [1.54, 1.807) is 22.8 Å². The molecule has 0 bridgehead atoms. The molecule has 1 N–H and O–H groups in total. The summed E-state index contributed by atoms with van der Waals surface area (Å²) in [5.41, 5.74) is 3.31. The zero-order valence-corrected chi connectivity index (χ0v) is 19.8. The van der Waals surface area contributed by atoms with Gasteiger partial charge in [-0.25, -0.2) is 0 Å². The summed E-state index contributed by atoms with van der Waals surface area (Å²) < 4.78 is 1.71. The third-order valence-electron chi connectivity index (χ3n) is 4.71. The molecule has 1 aromatic heterocycles. The van der Waals surface area contributed by atoms with Crippen LogP contribution in [-0.2, 0) is 24.9 Å². The molecule has 0 radical (unpaired) electrons. The second-order valence-corrected chi connectivity index (χ2v) is 7.29. The molecule has 1 amide bonds. The van der Waals surface area contributed by atoms with Crippen LogP contribution < -0.4 is 10.2 Å². The molecule has 1 aromatic carbocycles. The third kappa shape index (κ3) is 6.17. The van der Waals surface area contributed by atoms with Gasteiger partial charge in [-0.3, -0.25) is 14.5 Å². The number of carbonyl (C=O) groups excluding carboxylic acids is 1. The Morgan fingerprint density at radius 2 is 1.90 bits per heavy atom. The lowest BCUT2D eigenvalue weighted by Crippen LogP contribution is -2.55. The number of hydrogen-bond donors (Lipinski definition) is 1. The van der Waals surface area contributed by atoms with Crippen LogP contribution in [0.4, 0.5) is 5.69 Å². The zero-order valence-electron chi connectivity index (χ0n) is 17.5. The summed E-state index contributed by atoms with van der Waals surface area (Å²) in [5, 5.41) is 7.53. The maximum absolute atomic E-state index is 12.6. The maximum Gasteiger partial charge on any atom is 0.246 e. The predicted octanol–water partition coefficient (Wildman–Crippen LogP) is 1.52. The van der Waals surface area contributed by atoms with Crippen molar-refractivity contribution in [1.82, 2.24) is 24.9 Å². The van der Waals surface area contributed by atoms with Crippen LogP contribution >= 0.6 is 24.0 Å². The Hall–Kier alpha value is -2.14. The van der Waals surface area contributed by atoms with Crippen LogP contribution in [0.25, 0.3) is 0 Å². The first kappa shape index (κ1) is 23.1. The van der Waals surface area contributed by atoms with Gasteiger partial charge in [-0.2, -0.15) is 5.10 Å². The minimum atomic E-state index is 0. The van der Waals surface area contributed by atoms with Crippen molar-refractivity contribution < 1.29 is 4.79 Å². The van der Waals surface area contributed by atoms with Crippen LogP contribution in [0, 0.1) is 0 Å². The number of benzene rings is 1. The first-order valence-corrected chi connectivity index (χ1v) is 9.43. The van der Waals surface area contributed by atoms with Crippen LogP contribution in [0.1, 0.15) is 11.1 Å². The number of anilines is 1. The lowest BCUT2D eigenvalue weighted by Gasteiger charge is -2.35. The normalized spacial score (nSPS) is 14.9. The highest BCUT2D eigenvalue weighted by Crippen LogP contribution is 2.16. The maximum atomic E-state index is 12.6. The van der Waals surface area contributed by atoms with Crippen molar-refractivity contribution in [2.24, 2.45) is 12.0 Å². The molecule has 29 heavy (non-hydrogen) atoms. The molecule has 9 heteroatoms. The molecule has 1 aliphatic rings. The number of carbonyl (C=O) groups is 1. The van der Waals surface area contributed by atoms with Crippen LogP contribution in [0.2, 0.25) is 0 Å². The molecular formula is C20H30IN7O. The number of hydrogen-bond acceptors (Lipinski definition) is 4. The van der Waals surface area contributed by atoms with Crippen molar-refractivity contribution in [1.29, 1.82) is 0 Å². The van der Waals surface area contributed by atoms with Gasteiger partial charge in [0.2, 0.25) is 5.91 Å². The lowest BCUT2D eigenvalue weighted by molar-refractivity contribution is -0.120. The Labute approximate surface area is 189 Å². The van der Waals surface area contributed by atoms with Gasteiger partial charge in [-0.15, -0.1) is 24.0 Å². The molecule has 0 atom stereocenters. The predicted molar refractivity (Wildman–Crippen MR) is 127 cm³/mol. The van der Waals surface area contributed by atoms with E-state index in [2.05, 4.69) is 58.7 Å². The van der Waals surface area contributed by atoms with E-state index >= 15 is 0 Å². The molecule has 0 spiro atoms. The number of aryl methyl sites for hydroxylation is 1. The van der Waals surface area contributed by atoms with E-state index in [1.807, 2.05) is 18.1 Å². The fourth-order valence-corrected chi connectivity index (χ4v) is 3.32. The van der Waals surface area contributed by atoms with Gasteiger partial charge in [0.05, 0.1) is 11.9 Å². The Morgan fingerprint density at radius 1 is 1.21 bits per heavy atom. The van der Waals surface area contributed by atoms with Crippen molar-refractivity contribution in [2.75, 3.05) is 45.7 Å². The largest absolute Gasteiger partial charge is 0.352 e. The fraction of sp³-hybridized carbons (Fsp3) is 0.450. The second-order valence-electron chi connectivity index (χ2n) is 7.29. The summed E-state index contributed by atoms with van der Waals surface area (Å²) in [6.45, 7) is 3.24. The van der Waals surface area contributed by atoms with Crippen molar-refractivity contribution >= 4 is 41.5 Å². The Kier molecular flexibility index (Phi) is 8.45. The van der Waals surface area contributed by atoms with E-state index in [1.165, 1.54) is 11.1 Å². The van der Waals surface area contributed by atoms with Gasteiger partial charge < -0.3 is 20.0 Å². The van der Waals surface area contributed by atoms with Crippen molar-refractivity contribution in [3.05, 3.63) is 47.8 Å². The molecule has 1 aliphatic heterocycles. The summed E-state index contributed by atoms with van der Waals surface area (Å²) in [6.07, 6.45) is 3.58. The number of nitrogens with one attached hydrogen (secondary N) is 1. The summed E-state index contributed by atoms with van der Waals surface area (Å²) in [4.78, 5) is 22.9. The van der Waals surface area contributed by atoms with Gasteiger partial charge in [0, 0.05) is 46.5 Å². The van der Waals surface area contributed by atoms with E-state index in [4.69, 9.17) is 0 Å². The average Bonchev–Trinajstić information content (AvgIpc) is 3.09. The number of aromatic nitrogens is 2. The van der Waals surface area contributed by atoms with Gasteiger partial charge in [0.1, 0.15) is 6.54 Å². The summed E-state index contributed by atoms with van der Waals surface area (Å²) in [6, 6.07) is 8.56. The molecule has 1 saturated heterocycles. The minimum absolute atomic E-state index is 0. The quantitative estimate of drug-likeness (QED) is 0.375. The van der Waals surface area contributed by atoms with E-state index in [0.29, 0.717) is 19.6 Å². The molecule has 2 aromatic rings. The Balaban J connectivity index is 0.00000300. The van der Waals surface area contributed by atoms with Gasteiger partial charge >= 0.3 is 0 Å². The molecule has 158 valence electrons.